The van der Waals surface area contributed by atoms with E-state index in [9.17, 15) is 14.4 Å². The SMILES string of the molecule is CCOC(=O)NN(C(=O)OCC)C(C)(C=O)c1cccc(OC)c1. The van der Waals surface area contributed by atoms with Gasteiger partial charge in [-0.15, -0.1) is 0 Å². The molecule has 0 heterocycles. The number of rotatable bonds is 6. The van der Waals surface area contributed by atoms with E-state index < -0.39 is 17.7 Å². The highest BCUT2D eigenvalue weighted by Crippen LogP contribution is 2.28. The Bertz CT molecular complexity index is 592. The van der Waals surface area contributed by atoms with E-state index in [0.29, 0.717) is 17.6 Å². The summed E-state index contributed by atoms with van der Waals surface area (Å²) < 4.78 is 14.9. The fourth-order valence-electron chi connectivity index (χ4n) is 1.98. The van der Waals surface area contributed by atoms with Crippen LogP contribution in [-0.2, 0) is 19.8 Å². The van der Waals surface area contributed by atoms with Gasteiger partial charge in [-0.1, -0.05) is 12.1 Å². The summed E-state index contributed by atoms with van der Waals surface area (Å²) in [5.41, 5.74) is 1.17. The summed E-state index contributed by atoms with van der Waals surface area (Å²) in [5.74, 6) is 0.500. The van der Waals surface area contributed by atoms with Crippen molar-refractivity contribution in [3.05, 3.63) is 29.8 Å². The molecule has 1 N–H and O–H groups in total. The number of carbonyl (C=O) groups is 3. The van der Waals surface area contributed by atoms with Crippen LogP contribution < -0.4 is 10.2 Å². The third-order valence-corrected chi connectivity index (χ3v) is 3.28. The van der Waals surface area contributed by atoms with E-state index in [1.54, 1.807) is 38.1 Å². The lowest BCUT2D eigenvalue weighted by molar-refractivity contribution is -0.119. The minimum absolute atomic E-state index is 0.0763. The molecule has 0 aliphatic rings. The number of hydrogen-bond donors (Lipinski definition) is 1. The predicted molar refractivity (Wildman–Crippen MR) is 85.4 cm³/mol. The Labute approximate surface area is 140 Å². The largest absolute Gasteiger partial charge is 0.497 e. The van der Waals surface area contributed by atoms with E-state index in [-0.39, 0.29) is 13.2 Å². The van der Waals surface area contributed by atoms with Crippen molar-refractivity contribution in [2.45, 2.75) is 26.3 Å². The van der Waals surface area contributed by atoms with Crippen molar-refractivity contribution >= 4 is 18.5 Å². The van der Waals surface area contributed by atoms with Gasteiger partial charge in [0.1, 0.15) is 11.3 Å². The van der Waals surface area contributed by atoms with Gasteiger partial charge in [-0.2, -0.15) is 5.01 Å². The summed E-state index contributed by atoms with van der Waals surface area (Å²) in [6.45, 7) is 4.89. The van der Waals surface area contributed by atoms with Gasteiger partial charge in [-0.25, -0.2) is 15.0 Å². The summed E-state index contributed by atoms with van der Waals surface area (Å²) in [6.07, 6.45) is -1.23. The molecular formula is C16H22N2O6. The molecule has 2 amide bonds. The standard InChI is InChI=1S/C16H22N2O6/c1-5-23-14(20)17-18(15(21)24-6-2)16(3,11-19)12-8-7-9-13(10-12)22-4/h7-11H,5-6H2,1-4H3,(H,17,20). The van der Waals surface area contributed by atoms with Crippen LogP contribution in [0.1, 0.15) is 26.3 Å². The van der Waals surface area contributed by atoms with Crippen molar-refractivity contribution in [2.24, 2.45) is 0 Å². The molecule has 1 unspecified atom stereocenters. The maximum Gasteiger partial charge on any atom is 0.430 e. The van der Waals surface area contributed by atoms with Gasteiger partial charge < -0.3 is 19.0 Å². The van der Waals surface area contributed by atoms with Crippen LogP contribution in [0.5, 0.6) is 5.75 Å². The lowest BCUT2D eigenvalue weighted by Crippen LogP contribution is -2.58. The van der Waals surface area contributed by atoms with Crippen molar-refractivity contribution in [1.29, 1.82) is 0 Å². The fourth-order valence-corrected chi connectivity index (χ4v) is 1.98. The van der Waals surface area contributed by atoms with Gasteiger partial charge in [0.05, 0.1) is 20.3 Å². The number of hydrazine groups is 1. The summed E-state index contributed by atoms with van der Waals surface area (Å²) in [7, 11) is 1.48. The molecule has 0 aliphatic heterocycles. The molecule has 1 atom stereocenters. The van der Waals surface area contributed by atoms with E-state index in [4.69, 9.17) is 14.2 Å². The molecule has 0 radical (unpaired) electrons. The average Bonchev–Trinajstić information content (AvgIpc) is 2.59. The molecule has 0 saturated heterocycles. The van der Waals surface area contributed by atoms with E-state index >= 15 is 0 Å². The van der Waals surface area contributed by atoms with Crippen molar-refractivity contribution in [3.63, 3.8) is 0 Å². The second-order valence-electron chi connectivity index (χ2n) is 4.86. The highest BCUT2D eigenvalue weighted by Gasteiger charge is 2.40. The van der Waals surface area contributed by atoms with E-state index in [2.05, 4.69) is 5.43 Å². The van der Waals surface area contributed by atoms with Crippen LogP contribution >= 0.6 is 0 Å². The minimum Gasteiger partial charge on any atom is -0.497 e. The third kappa shape index (κ3) is 4.37. The zero-order valence-electron chi connectivity index (χ0n) is 14.2. The highest BCUT2D eigenvalue weighted by atomic mass is 16.6. The number of nitrogens with one attached hydrogen (secondary N) is 1. The first-order valence-corrected chi connectivity index (χ1v) is 7.44. The molecule has 8 heteroatoms. The molecule has 1 rings (SSSR count). The molecule has 1 aromatic rings. The Kier molecular flexibility index (Phi) is 7.03. The molecule has 24 heavy (non-hydrogen) atoms. The van der Waals surface area contributed by atoms with Gasteiger partial charge in [0.25, 0.3) is 0 Å². The van der Waals surface area contributed by atoms with Gasteiger partial charge in [-0.05, 0) is 38.5 Å². The number of amides is 2. The van der Waals surface area contributed by atoms with Crippen LogP contribution in [0.25, 0.3) is 0 Å². The van der Waals surface area contributed by atoms with Crippen molar-refractivity contribution in [1.82, 2.24) is 10.4 Å². The smallest absolute Gasteiger partial charge is 0.430 e. The molecule has 132 valence electrons. The quantitative estimate of drug-likeness (QED) is 0.631. The Morgan fingerprint density at radius 1 is 1.25 bits per heavy atom. The zero-order chi connectivity index (χ0) is 18.2. The summed E-state index contributed by atoms with van der Waals surface area (Å²) in [6, 6.07) is 6.59. The van der Waals surface area contributed by atoms with Crippen LogP contribution in [0.2, 0.25) is 0 Å². The molecule has 0 saturated carbocycles. The number of methoxy groups -OCH3 is 1. The lowest BCUT2D eigenvalue weighted by Gasteiger charge is -2.35. The van der Waals surface area contributed by atoms with Gasteiger partial charge in [-0.3, -0.25) is 0 Å². The Hall–Kier alpha value is -2.77. The van der Waals surface area contributed by atoms with Crippen LogP contribution in [-0.4, -0.2) is 43.8 Å². The number of aldehydes is 1. The minimum atomic E-state index is -1.52. The van der Waals surface area contributed by atoms with Crippen LogP contribution in [0.15, 0.2) is 24.3 Å². The summed E-state index contributed by atoms with van der Waals surface area (Å²) in [5, 5.41) is 0.802. The van der Waals surface area contributed by atoms with Gasteiger partial charge in [0.2, 0.25) is 0 Å². The monoisotopic (exact) mass is 338 g/mol. The van der Waals surface area contributed by atoms with E-state index in [1.807, 2.05) is 0 Å². The average molecular weight is 338 g/mol. The fraction of sp³-hybridized carbons (Fsp3) is 0.438. The molecule has 0 spiro atoms. The van der Waals surface area contributed by atoms with Crippen molar-refractivity contribution in [2.75, 3.05) is 20.3 Å². The second kappa shape index (κ2) is 8.76. The number of ether oxygens (including phenoxy) is 3. The van der Waals surface area contributed by atoms with Gasteiger partial charge in [0.15, 0.2) is 6.29 Å². The number of carbonyl (C=O) groups excluding carboxylic acids is 3. The second-order valence-corrected chi connectivity index (χ2v) is 4.86. The molecular weight excluding hydrogens is 316 g/mol. The molecule has 8 nitrogen and oxygen atoms in total. The summed E-state index contributed by atoms with van der Waals surface area (Å²) >= 11 is 0. The molecule has 0 aromatic heterocycles. The third-order valence-electron chi connectivity index (χ3n) is 3.28. The maximum atomic E-state index is 12.3. The van der Waals surface area contributed by atoms with Crippen LogP contribution in [0, 0.1) is 0 Å². The molecule has 1 aromatic carbocycles. The normalized spacial score (nSPS) is 12.5. The Morgan fingerprint density at radius 2 is 1.92 bits per heavy atom. The molecule has 0 fully saturated rings. The molecule has 0 aliphatic carbocycles. The van der Waals surface area contributed by atoms with Crippen molar-refractivity contribution in [3.8, 4) is 5.75 Å². The van der Waals surface area contributed by atoms with Crippen LogP contribution in [0.3, 0.4) is 0 Å². The van der Waals surface area contributed by atoms with Gasteiger partial charge >= 0.3 is 12.2 Å². The number of nitrogens with zero attached hydrogens (tertiary/aromatic N) is 1. The number of hydrogen-bond acceptors (Lipinski definition) is 6. The number of benzene rings is 1. The van der Waals surface area contributed by atoms with Crippen molar-refractivity contribution < 1.29 is 28.6 Å². The first-order valence-electron chi connectivity index (χ1n) is 7.44. The predicted octanol–water partition coefficient (Wildman–Crippen LogP) is 2.23. The van der Waals surface area contributed by atoms with Crippen LogP contribution in [0.4, 0.5) is 9.59 Å². The first-order chi connectivity index (χ1) is 11.4. The summed E-state index contributed by atoms with van der Waals surface area (Å²) in [4.78, 5) is 35.8. The molecule has 0 bridgehead atoms. The van der Waals surface area contributed by atoms with E-state index in [1.165, 1.54) is 14.0 Å². The first kappa shape index (κ1) is 19.3. The van der Waals surface area contributed by atoms with E-state index in [0.717, 1.165) is 5.01 Å². The topological polar surface area (TPSA) is 94.2 Å². The zero-order valence-corrected chi connectivity index (χ0v) is 14.2. The Morgan fingerprint density at radius 3 is 2.46 bits per heavy atom. The van der Waals surface area contributed by atoms with Gasteiger partial charge in [0, 0.05) is 0 Å². The maximum absolute atomic E-state index is 12.3. The highest BCUT2D eigenvalue weighted by molar-refractivity contribution is 5.80. The lowest BCUT2D eigenvalue weighted by atomic mass is 9.93. The Balaban J connectivity index is 3.28.